The second-order valence-electron chi connectivity index (χ2n) is 8.73. The quantitative estimate of drug-likeness (QED) is 0.766. The second-order valence-corrected chi connectivity index (χ2v) is 8.73. The van der Waals surface area contributed by atoms with Crippen molar-refractivity contribution >= 4 is 5.91 Å². The zero-order valence-electron chi connectivity index (χ0n) is 13.8. The van der Waals surface area contributed by atoms with E-state index in [0.717, 1.165) is 30.6 Å². The number of nitrogens with one attached hydrogen (secondary N) is 1. The minimum Gasteiger partial charge on any atom is -0.353 e. The smallest absolute Gasteiger partial charge is 0.220 e. The molecule has 1 aliphatic heterocycles. The van der Waals surface area contributed by atoms with Crippen LogP contribution in [0.15, 0.2) is 0 Å². The third kappa shape index (κ3) is 1.86. The third-order valence-corrected chi connectivity index (χ3v) is 8.33. The van der Waals surface area contributed by atoms with Crippen molar-refractivity contribution in [1.82, 2.24) is 5.32 Å². The summed E-state index contributed by atoms with van der Waals surface area (Å²) in [5.41, 5.74) is 1.08. The summed E-state index contributed by atoms with van der Waals surface area (Å²) in [6.45, 7) is 4.94. The van der Waals surface area contributed by atoms with Crippen molar-refractivity contribution in [2.75, 3.05) is 0 Å². The van der Waals surface area contributed by atoms with Crippen LogP contribution in [0.1, 0.15) is 78.1 Å². The lowest BCUT2D eigenvalue weighted by Gasteiger charge is -2.60. The minimum absolute atomic E-state index is 0.301. The van der Waals surface area contributed by atoms with Gasteiger partial charge in [-0.15, -0.1) is 0 Å². The average Bonchev–Trinajstić information content (AvgIpc) is 2.92. The van der Waals surface area contributed by atoms with Gasteiger partial charge in [0.25, 0.3) is 0 Å². The van der Waals surface area contributed by atoms with E-state index in [2.05, 4.69) is 19.2 Å². The molecule has 118 valence electrons. The van der Waals surface area contributed by atoms with E-state index in [1.807, 2.05) is 0 Å². The number of hydrogen-bond acceptors (Lipinski definition) is 1. The van der Waals surface area contributed by atoms with Gasteiger partial charge in [0, 0.05) is 12.5 Å². The SMILES string of the molecule is CC[C@@]12CCC[C@H]1[C@@H]1CC[C@H]3NC(=O)CC[C@]3(C)[C@H]1CC2. The standard InChI is InChI=1S/C19H31NO/c1-3-19-10-4-5-15(19)13-6-7-16-18(2,14(13)8-12-19)11-9-17(21)20-16/h13-16H,3-12H2,1-2H3,(H,20,21)/t13-,14+,15+,16-,18-,19+/m1/s1. The molecule has 1 N–H and O–H groups in total. The summed E-state index contributed by atoms with van der Waals surface area (Å²) in [7, 11) is 0. The molecule has 3 saturated carbocycles. The van der Waals surface area contributed by atoms with Gasteiger partial charge in [-0.1, -0.05) is 26.7 Å². The molecule has 0 aromatic heterocycles. The fourth-order valence-corrected chi connectivity index (χ4v) is 7.11. The van der Waals surface area contributed by atoms with Crippen LogP contribution in [0.2, 0.25) is 0 Å². The second kappa shape index (κ2) is 4.73. The van der Waals surface area contributed by atoms with Crippen LogP contribution in [-0.4, -0.2) is 11.9 Å². The van der Waals surface area contributed by atoms with E-state index < -0.39 is 0 Å². The zero-order chi connectivity index (χ0) is 14.7. The van der Waals surface area contributed by atoms with Crippen molar-refractivity contribution in [1.29, 1.82) is 0 Å². The molecular weight excluding hydrogens is 258 g/mol. The Hall–Kier alpha value is -0.530. The topological polar surface area (TPSA) is 29.1 Å². The van der Waals surface area contributed by atoms with E-state index >= 15 is 0 Å². The van der Waals surface area contributed by atoms with Crippen LogP contribution in [-0.2, 0) is 4.79 Å². The Morgan fingerprint density at radius 1 is 1.10 bits per heavy atom. The molecule has 0 aromatic rings. The van der Waals surface area contributed by atoms with Gasteiger partial charge in [0.05, 0.1) is 0 Å². The van der Waals surface area contributed by atoms with Crippen molar-refractivity contribution in [3.63, 3.8) is 0 Å². The summed E-state index contributed by atoms with van der Waals surface area (Å²) in [5, 5.41) is 3.34. The van der Waals surface area contributed by atoms with E-state index in [0.29, 0.717) is 22.8 Å². The molecule has 1 heterocycles. The van der Waals surface area contributed by atoms with Gasteiger partial charge >= 0.3 is 0 Å². The van der Waals surface area contributed by atoms with Crippen molar-refractivity contribution in [3.05, 3.63) is 0 Å². The van der Waals surface area contributed by atoms with Gasteiger partial charge in [0.2, 0.25) is 5.91 Å². The molecule has 2 heteroatoms. The Labute approximate surface area is 129 Å². The number of amides is 1. The molecule has 0 radical (unpaired) electrons. The molecule has 3 aliphatic carbocycles. The molecule has 4 aliphatic rings. The van der Waals surface area contributed by atoms with Gasteiger partial charge in [-0.05, 0) is 73.5 Å². The molecule has 2 nitrogen and oxygen atoms in total. The lowest BCUT2D eigenvalue weighted by Crippen LogP contribution is -2.60. The lowest BCUT2D eigenvalue weighted by atomic mass is 9.47. The van der Waals surface area contributed by atoms with Gasteiger partial charge in [-0.25, -0.2) is 0 Å². The van der Waals surface area contributed by atoms with Gasteiger partial charge in [-0.3, -0.25) is 4.79 Å². The van der Waals surface area contributed by atoms with Crippen molar-refractivity contribution in [2.45, 2.75) is 84.1 Å². The van der Waals surface area contributed by atoms with Crippen molar-refractivity contribution < 1.29 is 4.79 Å². The van der Waals surface area contributed by atoms with Gasteiger partial charge in [0.1, 0.15) is 0 Å². The van der Waals surface area contributed by atoms with Gasteiger partial charge < -0.3 is 5.32 Å². The monoisotopic (exact) mass is 289 g/mol. The first-order valence-electron chi connectivity index (χ1n) is 9.38. The maximum absolute atomic E-state index is 11.8. The Morgan fingerprint density at radius 2 is 1.95 bits per heavy atom. The number of fused-ring (bicyclic) bond motifs is 5. The maximum atomic E-state index is 11.8. The molecule has 1 amide bonds. The van der Waals surface area contributed by atoms with Crippen molar-refractivity contribution in [2.24, 2.45) is 28.6 Å². The highest BCUT2D eigenvalue weighted by atomic mass is 16.1. The van der Waals surface area contributed by atoms with Crippen LogP contribution in [0.25, 0.3) is 0 Å². The summed E-state index contributed by atoms with van der Waals surface area (Å²) in [5.74, 6) is 3.13. The largest absolute Gasteiger partial charge is 0.353 e. The van der Waals surface area contributed by atoms with Crippen LogP contribution in [0, 0.1) is 28.6 Å². The molecule has 0 spiro atoms. The van der Waals surface area contributed by atoms with Gasteiger partial charge in [0.15, 0.2) is 0 Å². The Morgan fingerprint density at radius 3 is 2.76 bits per heavy atom. The van der Waals surface area contributed by atoms with Crippen LogP contribution in [0.3, 0.4) is 0 Å². The van der Waals surface area contributed by atoms with Crippen LogP contribution < -0.4 is 5.32 Å². The van der Waals surface area contributed by atoms with E-state index in [1.54, 1.807) is 0 Å². The third-order valence-electron chi connectivity index (χ3n) is 8.33. The number of carbonyl (C=O) groups excluding carboxylic acids is 1. The first-order chi connectivity index (χ1) is 10.1. The summed E-state index contributed by atoms with van der Waals surface area (Å²) < 4.78 is 0. The molecule has 0 bridgehead atoms. The normalized spacial score (nSPS) is 52.6. The number of rotatable bonds is 1. The molecule has 4 rings (SSSR count). The fourth-order valence-electron chi connectivity index (χ4n) is 7.11. The van der Waals surface area contributed by atoms with E-state index in [1.165, 1.54) is 51.4 Å². The summed E-state index contributed by atoms with van der Waals surface area (Å²) in [6, 6.07) is 0.468. The summed E-state index contributed by atoms with van der Waals surface area (Å²) in [6.07, 6.45) is 13.3. The molecular formula is C19H31NO. The number of carbonyl (C=O) groups is 1. The molecule has 1 saturated heterocycles. The first kappa shape index (κ1) is 14.1. The van der Waals surface area contributed by atoms with Crippen molar-refractivity contribution in [3.8, 4) is 0 Å². The first-order valence-corrected chi connectivity index (χ1v) is 9.38. The molecule has 6 atom stereocenters. The lowest BCUT2D eigenvalue weighted by molar-refractivity contribution is -0.136. The van der Waals surface area contributed by atoms with E-state index in [9.17, 15) is 4.79 Å². The van der Waals surface area contributed by atoms with Crippen LogP contribution in [0.5, 0.6) is 0 Å². The summed E-state index contributed by atoms with van der Waals surface area (Å²) >= 11 is 0. The molecule has 4 fully saturated rings. The van der Waals surface area contributed by atoms with E-state index in [-0.39, 0.29) is 0 Å². The molecule has 0 aromatic carbocycles. The fraction of sp³-hybridized carbons (Fsp3) is 0.947. The average molecular weight is 289 g/mol. The highest BCUT2D eigenvalue weighted by molar-refractivity contribution is 5.77. The Bertz CT molecular complexity index is 447. The van der Waals surface area contributed by atoms with E-state index in [4.69, 9.17) is 0 Å². The predicted octanol–water partition coefficient (Wildman–Crippen LogP) is 4.29. The Balaban J connectivity index is 1.63. The van der Waals surface area contributed by atoms with Gasteiger partial charge in [-0.2, -0.15) is 0 Å². The number of piperidine rings is 1. The van der Waals surface area contributed by atoms with Crippen LogP contribution >= 0.6 is 0 Å². The highest BCUT2D eigenvalue weighted by Crippen LogP contribution is 2.64. The maximum Gasteiger partial charge on any atom is 0.220 e. The minimum atomic E-state index is 0.301. The van der Waals surface area contributed by atoms with Crippen LogP contribution in [0.4, 0.5) is 0 Å². The zero-order valence-corrected chi connectivity index (χ0v) is 13.8. The summed E-state index contributed by atoms with van der Waals surface area (Å²) in [4.78, 5) is 11.8. The predicted molar refractivity (Wildman–Crippen MR) is 84.8 cm³/mol. The molecule has 0 unspecified atom stereocenters. The highest BCUT2D eigenvalue weighted by Gasteiger charge is 2.58. The number of hydrogen-bond donors (Lipinski definition) is 1. The Kier molecular flexibility index (Phi) is 3.17. The molecule has 21 heavy (non-hydrogen) atoms.